The van der Waals surface area contributed by atoms with Crippen LogP contribution >= 0.6 is 0 Å². The standard InChI is InChI=1S/C32H42O2/c1-2-3-4-5-6-7-8-9-10-11-12-13-14-15-16-19-24-34-32(33)29-23-22-28-25-27-20-17-18-21-30(27)31(28)26-29/h17-18,20-23,26H,2-8,11-16,19,24-25H2,1H3. The van der Waals surface area contributed by atoms with Crippen LogP contribution in [0.15, 0.2) is 42.5 Å². The van der Waals surface area contributed by atoms with E-state index in [1.807, 2.05) is 12.1 Å². The summed E-state index contributed by atoms with van der Waals surface area (Å²) in [5, 5.41) is 0. The zero-order valence-corrected chi connectivity index (χ0v) is 21.2. The molecule has 0 fully saturated rings. The molecule has 182 valence electrons. The Morgan fingerprint density at radius 2 is 1.35 bits per heavy atom. The summed E-state index contributed by atoms with van der Waals surface area (Å²) < 4.78 is 5.54. The number of carbonyl (C=O) groups excluding carboxylic acids is 1. The first kappa shape index (κ1) is 26.1. The number of benzene rings is 2. The lowest BCUT2D eigenvalue weighted by Gasteiger charge is -2.07. The largest absolute Gasteiger partial charge is 0.462 e. The molecule has 0 amide bonds. The molecule has 0 unspecified atom stereocenters. The summed E-state index contributed by atoms with van der Waals surface area (Å²) in [6, 6.07) is 14.4. The van der Waals surface area contributed by atoms with Crippen LogP contribution in [0.5, 0.6) is 0 Å². The predicted molar refractivity (Wildman–Crippen MR) is 143 cm³/mol. The lowest BCUT2D eigenvalue weighted by Crippen LogP contribution is -2.06. The molecule has 0 radical (unpaired) electrons. The van der Waals surface area contributed by atoms with Gasteiger partial charge in [0.1, 0.15) is 0 Å². The summed E-state index contributed by atoms with van der Waals surface area (Å²) in [5.41, 5.74) is 5.71. The molecule has 2 heteroatoms. The minimum absolute atomic E-state index is 0.202. The molecule has 0 N–H and O–H groups in total. The Bertz CT molecular complexity index is 947. The van der Waals surface area contributed by atoms with E-state index in [2.05, 4.69) is 49.1 Å². The molecule has 0 saturated heterocycles. The van der Waals surface area contributed by atoms with Crippen LogP contribution in [0.25, 0.3) is 11.1 Å². The fraction of sp³-hybridized carbons (Fsp3) is 0.531. The molecule has 2 aromatic rings. The molecular formula is C32H42O2. The van der Waals surface area contributed by atoms with Gasteiger partial charge in [-0.3, -0.25) is 0 Å². The lowest BCUT2D eigenvalue weighted by atomic mass is 10.0. The Balaban J connectivity index is 1.18. The van der Waals surface area contributed by atoms with Crippen LogP contribution in [0.4, 0.5) is 0 Å². The first-order valence-electron chi connectivity index (χ1n) is 13.6. The van der Waals surface area contributed by atoms with Crippen LogP contribution in [0.1, 0.15) is 118 Å². The van der Waals surface area contributed by atoms with E-state index < -0.39 is 0 Å². The van der Waals surface area contributed by atoms with Gasteiger partial charge in [-0.25, -0.2) is 4.79 Å². The minimum atomic E-state index is -0.202. The molecule has 2 nitrogen and oxygen atoms in total. The maximum Gasteiger partial charge on any atom is 0.338 e. The van der Waals surface area contributed by atoms with Crippen LogP contribution in [0.3, 0.4) is 0 Å². The summed E-state index contributed by atoms with van der Waals surface area (Å²) in [4.78, 5) is 12.5. The van der Waals surface area contributed by atoms with Crippen molar-refractivity contribution in [3.8, 4) is 23.0 Å². The lowest BCUT2D eigenvalue weighted by molar-refractivity contribution is 0.0497. The zero-order valence-electron chi connectivity index (χ0n) is 21.2. The van der Waals surface area contributed by atoms with Gasteiger partial charge in [0.2, 0.25) is 0 Å². The molecule has 0 saturated carbocycles. The zero-order chi connectivity index (χ0) is 23.8. The summed E-state index contributed by atoms with van der Waals surface area (Å²) in [5.74, 6) is 6.48. The van der Waals surface area contributed by atoms with Gasteiger partial charge in [-0.1, -0.05) is 95.0 Å². The average Bonchev–Trinajstić information content (AvgIpc) is 3.23. The van der Waals surface area contributed by atoms with Crippen molar-refractivity contribution < 1.29 is 9.53 Å². The van der Waals surface area contributed by atoms with Crippen LogP contribution in [-0.2, 0) is 11.2 Å². The number of hydrogen-bond donors (Lipinski definition) is 0. The summed E-state index contributed by atoms with van der Waals surface area (Å²) in [7, 11) is 0. The molecule has 1 aliphatic carbocycles. The number of ether oxygens (including phenoxy) is 1. The number of esters is 1. The van der Waals surface area contributed by atoms with E-state index in [9.17, 15) is 4.79 Å². The quantitative estimate of drug-likeness (QED) is 0.129. The minimum Gasteiger partial charge on any atom is -0.462 e. The van der Waals surface area contributed by atoms with Crippen molar-refractivity contribution in [2.24, 2.45) is 0 Å². The van der Waals surface area contributed by atoms with Gasteiger partial charge < -0.3 is 4.74 Å². The van der Waals surface area contributed by atoms with Gasteiger partial charge in [0, 0.05) is 12.8 Å². The van der Waals surface area contributed by atoms with Crippen molar-refractivity contribution >= 4 is 5.97 Å². The molecular weight excluding hydrogens is 416 g/mol. The molecule has 2 aromatic carbocycles. The number of fused-ring (bicyclic) bond motifs is 3. The molecule has 0 aliphatic heterocycles. The Morgan fingerprint density at radius 1 is 0.735 bits per heavy atom. The Kier molecular flexibility index (Phi) is 11.8. The topological polar surface area (TPSA) is 26.3 Å². The molecule has 0 atom stereocenters. The summed E-state index contributed by atoms with van der Waals surface area (Å²) >= 11 is 0. The smallest absolute Gasteiger partial charge is 0.338 e. The molecule has 34 heavy (non-hydrogen) atoms. The van der Waals surface area contributed by atoms with Gasteiger partial charge in [-0.15, -0.1) is 11.8 Å². The molecule has 0 aromatic heterocycles. The second-order valence-corrected chi connectivity index (χ2v) is 9.58. The van der Waals surface area contributed by atoms with Crippen LogP contribution < -0.4 is 0 Å². The van der Waals surface area contributed by atoms with E-state index in [1.165, 1.54) is 86.5 Å². The van der Waals surface area contributed by atoms with Crippen molar-refractivity contribution in [2.75, 3.05) is 6.61 Å². The average molecular weight is 459 g/mol. The van der Waals surface area contributed by atoms with Gasteiger partial charge in [0.25, 0.3) is 0 Å². The number of unbranched alkanes of at least 4 members (excludes halogenated alkanes) is 12. The van der Waals surface area contributed by atoms with Crippen LogP contribution in [0, 0.1) is 11.8 Å². The second kappa shape index (κ2) is 15.4. The number of hydrogen-bond acceptors (Lipinski definition) is 2. The van der Waals surface area contributed by atoms with Gasteiger partial charge in [0.15, 0.2) is 0 Å². The van der Waals surface area contributed by atoms with E-state index in [0.717, 1.165) is 32.1 Å². The van der Waals surface area contributed by atoms with Crippen molar-refractivity contribution in [3.63, 3.8) is 0 Å². The third kappa shape index (κ3) is 8.68. The van der Waals surface area contributed by atoms with Crippen molar-refractivity contribution in [1.29, 1.82) is 0 Å². The number of rotatable bonds is 15. The van der Waals surface area contributed by atoms with E-state index in [0.29, 0.717) is 12.2 Å². The first-order valence-corrected chi connectivity index (χ1v) is 13.6. The molecule has 0 bridgehead atoms. The van der Waals surface area contributed by atoms with Crippen molar-refractivity contribution in [3.05, 3.63) is 59.2 Å². The highest BCUT2D eigenvalue weighted by Crippen LogP contribution is 2.36. The molecule has 3 rings (SSSR count). The fourth-order valence-corrected chi connectivity index (χ4v) is 4.69. The van der Waals surface area contributed by atoms with E-state index >= 15 is 0 Å². The van der Waals surface area contributed by atoms with Crippen LogP contribution in [-0.4, -0.2) is 12.6 Å². The van der Waals surface area contributed by atoms with E-state index in [1.54, 1.807) is 0 Å². The van der Waals surface area contributed by atoms with E-state index in [-0.39, 0.29) is 5.97 Å². The van der Waals surface area contributed by atoms with Gasteiger partial charge in [0.05, 0.1) is 12.2 Å². The third-order valence-electron chi connectivity index (χ3n) is 6.74. The summed E-state index contributed by atoms with van der Waals surface area (Å²) in [6.07, 6.45) is 18.1. The van der Waals surface area contributed by atoms with Crippen LogP contribution in [0.2, 0.25) is 0 Å². The second-order valence-electron chi connectivity index (χ2n) is 9.58. The highest BCUT2D eigenvalue weighted by atomic mass is 16.5. The predicted octanol–water partition coefficient (Wildman–Crippen LogP) is 8.90. The van der Waals surface area contributed by atoms with E-state index in [4.69, 9.17) is 4.74 Å². The molecule has 0 heterocycles. The summed E-state index contributed by atoms with van der Waals surface area (Å²) in [6.45, 7) is 2.77. The van der Waals surface area contributed by atoms with Gasteiger partial charge in [-0.2, -0.15) is 0 Å². The first-order chi connectivity index (χ1) is 16.8. The molecule has 0 spiro atoms. The monoisotopic (exact) mass is 458 g/mol. The number of carbonyl (C=O) groups is 1. The normalized spacial score (nSPS) is 11.4. The fourth-order valence-electron chi connectivity index (χ4n) is 4.69. The van der Waals surface area contributed by atoms with Crippen molar-refractivity contribution in [1.82, 2.24) is 0 Å². The maximum atomic E-state index is 12.5. The Labute approximate surface area is 207 Å². The van der Waals surface area contributed by atoms with Gasteiger partial charge in [-0.05, 0) is 60.1 Å². The molecule has 1 aliphatic rings. The Morgan fingerprint density at radius 3 is 2.09 bits per heavy atom. The SMILES string of the molecule is CCCCCCCCC#CCCCCCCCCOC(=O)c1ccc2c(c1)-c1ccccc1C2. The third-order valence-corrected chi connectivity index (χ3v) is 6.74. The highest BCUT2D eigenvalue weighted by molar-refractivity contribution is 5.92. The Hall–Kier alpha value is -2.53. The highest BCUT2D eigenvalue weighted by Gasteiger charge is 2.19. The van der Waals surface area contributed by atoms with Gasteiger partial charge >= 0.3 is 5.97 Å². The maximum absolute atomic E-state index is 12.5. The van der Waals surface area contributed by atoms with Crippen molar-refractivity contribution in [2.45, 2.75) is 103 Å².